The van der Waals surface area contributed by atoms with Crippen molar-refractivity contribution in [3.8, 4) is 0 Å². The van der Waals surface area contributed by atoms with E-state index in [2.05, 4.69) is 10.3 Å². The van der Waals surface area contributed by atoms with E-state index in [1.165, 1.54) is 11.3 Å². The number of nitrogens with zero attached hydrogens (tertiary/aromatic N) is 1. The van der Waals surface area contributed by atoms with Gasteiger partial charge in [-0.1, -0.05) is 19.3 Å². The van der Waals surface area contributed by atoms with Crippen LogP contribution in [0, 0.1) is 5.92 Å². The molecule has 98 valence electrons. The third-order valence-electron chi connectivity index (χ3n) is 3.31. The highest BCUT2D eigenvalue weighted by atomic mass is 32.1. The van der Waals surface area contributed by atoms with E-state index in [-0.39, 0.29) is 11.9 Å². The van der Waals surface area contributed by atoms with Crippen molar-refractivity contribution in [2.24, 2.45) is 5.92 Å². The summed E-state index contributed by atoms with van der Waals surface area (Å²) in [6.07, 6.45) is 4.28. The van der Waals surface area contributed by atoms with Crippen LogP contribution >= 0.6 is 11.3 Å². The maximum absolute atomic E-state index is 11.9. The van der Waals surface area contributed by atoms with Crippen molar-refractivity contribution in [2.75, 3.05) is 0 Å². The van der Waals surface area contributed by atoms with Gasteiger partial charge in [-0.25, -0.2) is 4.98 Å². The SMILES string of the molecule is O=C(NC1CCCCCC1C(=O)O)c1cscn1. The van der Waals surface area contributed by atoms with Gasteiger partial charge in [0.2, 0.25) is 0 Å². The number of carbonyl (C=O) groups is 2. The maximum atomic E-state index is 11.9. The molecule has 2 atom stereocenters. The fourth-order valence-corrected chi connectivity index (χ4v) is 2.88. The van der Waals surface area contributed by atoms with E-state index in [1.54, 1.807) is 10.9 Å². The van der Waals surface area contributed by atoms with Crippen molar-refractivity contribution in [3.63, 3.8) is 0 Å². The van der Waals surface area contributed by atoms with Gasteiger partial charge in [0.05, 0.1) is 11.4 Å². The van der Waals surface area contributed by atoms with E-state index in [0.29, 0.717) is 12.1 Å². The van der Waals surface area contributed by atoms with Crippen molar-refractivity contribution in [1.82, 2.24) is 10.3 Å². The Morgan fingerprint density at radius 3 is 2.78 bits per heavy atom. The monoisotopic (exact) mass is 268 g/mol. The molecule has 1 aliphatic rings. The Morgan fingerprint density at radius 2 is 2.11 bits per heavy atom. The number of hydrogen-bond acceptors (Lipinski definition) is 4. The number of carboxylic acid groups (broad SMARTS) is 1. The first-order chi connectivity index (χ1) is 8.68. The Kier molecular flexibility index (Phi) is 4.30. The second kappa shape index (κ2) is 5.95. The van der Waals surface area contributed by atoms with Gasteiger partial charge in [0.25, 0.3) is 5.91 Å². The predicted octanol–water partition coefficient (Wildman–Crippen LogP) is 1.91. The van der Waals surface area contributed by atoms with Crippen LogP contribution in [-0.4, -0.2) is 28.0 Å². The molecule has 1 aliphatic carbocycles. The number of rotatable bonds is 3. The molecule has 0 aromatic carbocycles. The Hall–Kier alpha value is -1.43. The molecule has 1 saturated carbocycles. The van der Waals surface area contributed by atoms with E-state index < -0.39 is 11.9 Å². The third kappa shape index (κ3) is 3.07. The van der Waals surface area contributed by atoms with Gasteiger partial charge in [-0.2, -0.15) is 0 Å². The highest BCUT2D eigenvalue weighted by Gasteiger charge is 2.30. The smallest absolute Gasteiger partial charge is 0.308 e. The molecule has 0 spiro atoms. The summed E-state index contributed by atoms with van der Waals surface area (Å²) in [7, 11) is 0. The maximum Gasteiger partial charge on any atom is 0.308 e. The van der Waals surface area contributed by atoms with Gasteiger partial charge < -0.3 is 10.4 Å². The number of aromatic nitrogens is 1. The molecule has 2 rings (SSSR count). The average molecular weight is 268 g/mol. The van der Waals surface area contributed by atoms with Crippen molar-refractivity contribution < 1.29 is 14.7 Å². The zero-order chi connectivity index (χ0) is 13.0. The summed E-state index contributed by atoms with van der Waals surface area (Å²) in [6, 6.07) is -0.279. The van der Waals surface area contributed by atoms with Gasteiger partial charge in [-0.05, 0) is 12.8 Å². The van der Waals surface area contributed by atoms with Gasteiger partial charge in [-0.3, -0.25) is 9.59 Å². The van der Waals surface area contributed by atoms with Crippen LogP contribution in [0.1, 0.15) is 42.6 Å². The summed E-state index contributed by atoms with van der Waals surface area (Å²) < 4.78 is 0. The van der Waals surface area contributed by atoms with Crippen molar-refractivity contribution in [3.05, 3.63) is 16.6 Å². The molecule has 1 amide bonds. The lowest BCUT2D eigenvalue weighted by Crippen LogP contribution is -2.42. The van der Waals surface area contributed by atoms with Crippen molar-refractivity contribution in [2.45, 2.75) is 38.1 Å². The highest BCUT2D eigenvalue weighted by Crippen LogP contribution is 2.24. The molecular formula is C12H16N2O3S. The van der Waals surface area contributed by atoms with Gasteiger partial charge in [0, 0.05) is 11.4 Å². The molecule has 0 radical (unpaired) electrons. The molecule has 1 fully saturated rings. The van der Waals surface area contributed by atoms with E-state index in [9.17, 15) is 14.7 Å². The topological polar surface area (TPSA) is 79.3 Å². The number of thiazole rings is 1. The minimum absolute atomic E-state index is 0.269. The van der Waals surface area contributed by atoms with Gasteiger partial charge in [-0.15, -0.1) is 11.3 Å². The summed E-state index contributed by atoms with van der Waals surface area (Å²) in [6.45, 7) is 0. The molecule has 0 aliphatic heterocycles. The molecule has 1 aromatic rings. The van der Waals surface area contributed by atoms with Crippen molar-refractivity contribution in [1.29, 1.82) is 0 Å². The largest absolute Gasteiger partial charge is 0.481 e. The summed E-state index contributed by atoms with van der Waals surface area (Å²) in [5.74, 6) is -1.56. The quantitative estimate of drug-likeness (QED) is 0.821. The first kappa shape index (κ1) is 13.0. The molecule has 0 saturated heterocycles. The van der Waals surface area contributed by atoms with Crippen LogP contribution in [0.25, 0.3) is 0 Å². The Morgan fingerprint density at radius 1 is 1.33 bits per heavy atom. The molecule has 2 N–H and O–H groups in total. The first-order valence-electron chi connectivity index (χ1n) is 6.10. The van der Waals surface area contributed by atoms with Crippen LogP contribution in [0.15, 0.2) is 10.9 Å². The second-order valence-corrected chi connectivity index (χ2v) is 5.26. The molecule has 0 bridgehead atoms. The molecule has 18 heavy (non-hydrogen) atoms. The average Bonchev–Trinajstić information content (AvgIpc) is 2.77. The normalized spacial score (nSPS) is 24.2. The summed E-state index contributed by atoms with van der Waals surface area (Å²) in [5.41, 5.74) is 1.96. The number of carboxylic acids is 1. The summed E-state index contributed by atoms with van der Waals surface area (Å²) >= 11 is 1.35. The lowest BCUT2D eigenvalue weighted by molar-refractivity contribution is -0.142. The van der Waals surface area contributed by atoms with Gasteiger partial charge in [0.1, 0.15) is 5.69 Å². The van der Waals surface area contributed by atoms with Crippen LogP contribution in [0.5, 0.6) is 0 Å². The predicted molar refractivity (Wildman–Crippen MR) is 67.6 cm³/mol. The zero-order valence-electron chi connectivity index (χ0n) is 9.96. The lowest BCUT2D eigenvalue weighted by atomic mass is 9.95. The van der Waals surface area contributed by atoms with Crippen LogP contribution in [0.2, 0.25) is 0 Å². The number of aliphatic carboxylic acids is 1. The highest BCUT2D eigenvalue weighted by molar-refractivity contribution is 7.07. The van der Waals surface area contributed by atoms with Crippen LogP contribution < -0.4 is 5.32 Å². The summed E-state index contributed by atoms with van der Waals surface area (Å²) in [4.78, 5) is 27.0. The fourth-order valence-electron chi connectivity index (χ4n) is 2.34. The molecule has 2 unspecified atom stereocenters. The van der Waals surface area contributed by atoms with E-state index in [4.69, 9.17) is 0 Å². The molecule has 6 heteroatoms. The number of amides is 1. The standard InChI is InChI=1S/C12H16N2O3S/c15-11(10-6-18-7-13-10)14-9-5-3-1-2-4-8(9)12(16)17/h6-9H,1-5H2,(H,14,15)(H,16,17). The lowest BCUT2D eigenvalue weighted by Gasteiger charge is -2.22. The number of carbonyl (C=O) groups excluding carboxylic acids is 1. The third-order valence-corrected chi connectivity index (χ3v) is 3.90. The molecular weight excluding hydrogens is 252 g/mol. The first-order valence-corrected chi connectivity index (χ1v) is 7.04. The molecule has 1 heterocycles. The van der Waals surface area contributed by atoms with Gasteiger partial charge >= 0.3 is 5.97 Å². The summed E-state index contributed by atoms with van der Waals surface area (Å²) in [5, 5.41) is 13.7. The van der Waals surface area contributed by atoms with Crippen molar-refractivity contribution >= 4 is 23.2 Å². The van der Waals surface area contributed by atoms with E-state index in [1.807, 2.05) is 0 Å². The molecule has 5 nitrogen and oxygen atoms in total. The number of hydrogen-bond donors (Lipinski definition) is 2. The Bertz CT molecular complexity index is 419. The second-order valence-electron chi connectivity index (χ2n) is 4.54. The van der Waals surface area contributed by atoms with E-state index >= 15 is 0 Å². The fraction of sp³-hybridized carbons (Fsp3) is 0.583. The minimum atomic E-state index is -0.819. The van der Waals surface area contributed by atoms with Crippen LogP contribution in [-0.2, 0) is 4.79 Å². The Balaban J connectivity index is 2.04. The number of nitrogens with one attached hydrogen (secondary N) is 1. The van der Waals surface area contributed by atoms with Crippen LogP contribution in [0.4, 0.5) is 0 Å². The minimum Gasteiger partial charge on any atom is -0.481 e. The molecule has 1 aromatic heterocycles. The van der Waals surface area contributed by atoms with Gasteiger partial charge in [0.15, 0.2) is 0 Å². The van der Waals surface area contributed by atoms with E-state index in [0.717, 1.165) is 25.7 Å². The Labute approximate surface area is 109 Å². The zero-order valence-corrected chi connectivity index (χ0v) is 10.8. The van der Waals surface area contributed by atoms with Crippen LogP contribution in [0.3, 0.4) is 0 Å².